The number of anilines is 1. The number of nitrogens with one attached hydrogen (secondary N) is 1. The molecule has 5 heteroatoms. The van der Waals surface area contributed by atoms with Crippen LogP contribution in [0.3, 0.4) is 0 Å². The van der Waals surface area contributed by atoms with E-state index in [1.54, 1.807) is 17.0 Å². The summed E-state index contributed by atoms with van der Waals surface area (Å²) < 4.78 is 0. The van der Waals surface area contributed by atoms with Crippen LogP contribution < -0.4 is 10.2 Å². The third kappa shape index (κ3) is 2.93. The second-order valence-corrected chi connectivity index (χ2v) is 5.86. The summed E-state index contributed by atoms with van der Waals surface area (Å²) >= 11 is 0. The number of aromatic carboxylic acids is 1. The van der Waals surface area contributed by atoms with E-state index < -0.39 is 5.97 Å². The third-order valence-electron chi connectivity index (χ3n) is 4.39. The van der Waals surface area contributed by atoms with E-state index in [1.165, 1.54) is 0 Å². The molecule has 2 heterocycles. The van der Waals surface area contributed by atoms with Gasteiger partial charge in [-0.1, -0.05) is 6.07 Å². The van der Waals surface area contributed by atoms with Crippen molar-refractivity contribution < 1.29 is 14.7 Å². The molecule has 5 nitrogen and oxygen atoms in total. The minimum atomic E-state index is -0.950. The number of rotatable bonds is 3. The van der Waals surface area contributed by atoms with Crippen LogP contribution in [-0.4, -0.2) is 36.6 Å². The molecule has 1 aromatic rings. The lowest BCUT2D eigenvalue weighted by Crippen LogP contribution is -2.36. The maximum absolute atomic E-state index is 12.5. The van der Waals surface area contributed by atoms with Crippen molar-refractivity contribution in [2.24, 2.45) is 5.92 Å². The van der Waals surface area contributed by atoms with Crippen LogP contribution in [0.2, 0.25) is 0 Å². The largest absolute Gasteiger partial charge is 0.478 e. The smallest absolute Gasteiger partial charge is 0.335 e. The predicted molar refractivity (Wildman–Crippen MR) is 79.7 cm³/mol. The minimum absolute atomic E-state index is 0.116. The second kappa shape index (κ2) is 5.85. The fraction of sp³-hybridized carbons (Fsp3) is 0.500. The van der Waals surface area contributed by atoms with E-state index in [4.69, 9.17) is 5.11 Å². The van der Waals surface area contributed by atoms with Crippen molar-refractivity contribution in [2.75, 3.05) is 24.5 Å². The van der Waals surface area contributed by atoms with E-state index in [0.29, 0.717) is 18.9 Å². The molecule has 1 atom stereocenters. The Balaban J connectivity index is 1.74. The Labute approximate surface area is 123 Å². The molecule has 1 unspecified atom stereocenters. The summed E-state index contributed by atoms with van der Waals surface area (Å²) in [6, 6.07) is 5.07. The van der Waals surface area contributed by atoms with Gasteiger partial charge in [-0.15, -0.1) is 0 Å². The molecule has 0 saturated carbocycles. The number of hydrogen-bond acceptors (Lipinski definition) is 3. The van der Waals surface area contributed by atoms with Crippen molar-refractivity contribution in [1.29, 1.82) is 0 Å². The fourth-order valence-corrected chi connectivity index (χ4v) is 3.23. The number of carbonyl (C=O) groups excluding carboxylic acids is 1. The van der Waals surface area contributed by atoms with Gasteiger partial charge in [-0.3, -0.25) is 4.79 Å². The van der Waals surface area contributed by atoms with Crippen LogP contribution in [0.1, 0.15) is 35.2 Å². The van der Waals surface area contributed by atoms with Crippen LogP contribution in [0, 0.1) is 5.92 Å². The number of carbonyl (C=O) groups is 2. The molecule has 3 rings (SSSR count). The topological polar surface area (TPSA) is 69.6 Å². The van der Waals surface area contributed by atoms with E-state index in [0.717, 1.165) is 43.6 Å². The number of benzene rings is 1. The zero-order valence-electron chi connectivity index (χ0n) is 12.0. The first kappa shape index (κ1) is 14.1. The summed E-state index contributed by atoms with van der Waals surface area (Å²) in [6.45, 7) is 2.61. The molecule has 0 spiro atoms. The summed E-state index contributed by atoms with van der Waals surface area (Å²) in [4.78, 5) is 25.4. The molecule has 2 N–H and O–H groups in total. The molecule has 1 saturated heterocycles. The zero-order chi connectivity index (χ0) is 14.8. The summed E-state index contributed by atoms with van der Waals surface area (Å²) in [5.74, 6) is -0.434. The van der Waals surface area contributed by atoms with Crippen LogP contribution in [0.25, 0.3) is 0 Å². The van der Waals surface area contributed by atoms with E-state index in [9.17, 15) is 9.59 Å². The van der Waals surface area contributed by atoms with Crippen LogP contribution in [0.15, 0.2) is 18.2 Å². The van der Waals surface area contributed by atoms with Gasteiger partial charge in [0.15, 0.2) is 0 Å². The van der Waals surface area contributed by atoms with Gasteiger partial charge in [0.1, 0.15) is 0 Å². The molecule has 0 aliphatic carbocycles. The van der Waals surface area contributed by atoms with Crippen molar-refractivity contribution in [3.8, 4) is 0 Å². The van der Waals surface area contributed by atoms with Gasteiger partial charge in [0.25, 0.3) is 0 Å². The first-order valence-electron chi connectivity index (χ1n) is 7.52. The Bertz CT molecular complexity index is 565. The highest BCUT2D eigenvalue weighted by Gasteiger charge is 2.27. The normalized spacial score (nSPS) is 21.1. The molecule has 1 amide bonds. The summed E-state index contributed by atoms with van der Waals surface area (Å²) in [6.07, 6.45) is 3.57. The Kier molecular flexibility index (Phi) is 3.92. The number of carboxylic acid groups (broad SMARTS) is 1. The lowest BCUT2D eigenvalue weighted by molar-refractivity contribution is -0.119. The van der Waals surface area contributed by atoms with Gasteiger partial charge in [-0.2, -0.15) is 0 Å². The van der Waals surface area contributed by atoms with Crippen LogP contribution >= 0.6 is 0 Å². The minimum Gasteiger partial charge on any atom is -0.478 e. The molecular formula is C16H20N2O3. The fourth-order valence-electron chi connectivity index (χ4n) is 3.23. The van der Waals surface area contributed by atoms with Gasteiger partial charge in [-0.25, -0.2) is 4.79 Å². The Morgan fingerprint density at radius 3 is 2.95 bits per heavy atom. The highest BCUT2D eigenvalue weighted by atomic mass is 16.4. The highest BCUT2D eigenvalue weighted by Crippen LogP contribution is 2.30. The van der Waals surface area contributed by atoms with E-state index >= 15 is 0 Å². The summed E-state index contributed by atoms with van der Waals surface area (Å²) in [7, 11) is 0. The van der Waals surface area contributed by atoms with Gasteiger partial charge in [-0.05, 0) is 56.0 Å². The first-order chi connectivity index (χ1) is 10.1. The maximum Gasteiger partial charge on any atom is 0.335 e. The van der Waals surface area contributed by atoms with Gasteiger partial charge >= 0.3 is 5.97 Å². The standard InChI is InChI=1S/C16H20N2O3/c19-15(8-11-2-1-6-17-10-11)18-7-5-12-3-4-13(16(20)21)9-14(12)18/h3-4,9,11,17H,1-2,5-8,10H2,(H,20,21). The van der Waals surface area contributed by atoms with Crippen molar-refractivity contribution in [3.05, 3.63) is 29.3 Å². The maximum atomic E-state index is 12.5. The quantitative estimate of drug-likeness (QED) is 0.887. The molecule has 112 valence electrons. The van der Waals surface area contributed by atoms with Crippen molar-refractivity contribution >= 4 is 17.6 Å². The number of nitrogens with zero attached hydrogens (tertiary/aromatic N) is 1. The molecular weight excluding hydrogens is 268 g/mol. The van der Waals surface area contributed by atoms with Crippen molar-refractivity contribution in [3.63, 3.8) is 0 Å². The molecule has 0 bridgehead atoms. The second-order valence-electron chi connectivity index (χ2n) is 5.86. The van der Waals surface area contributed by atoms with Crippen molar-refractivity contribution in [1.82, 2.24) is 5.32 Å². The average Bonchev–Trinajstić information content (AvgIpc) is 2.91. The van der Waals surface area contributed by atoms with Crippen LogP contribution in [-0.2, 0) is 11.2 Å². The Morgan fingerprint density at radius 1 is 1.38 bits per heavy atom. The molecule has 1 aromatic carbocycles. The zero-order valence-corrected chi connectivity index (χ0v) is 12.0. The van der Waals surface area contributed by atoms with E-state index in [1.807, 2.05) is 6.07 Å². The number of fused-ring (bicyclic) bond motifs is 1. The number of amides is 1. The molecule has 1 fully saturated rings. The van der Waals surface area contributed by atoms with Gasteiger partial charge in [0.2, 0.25) is 5.91 Å². The average molecular weight is 288 g/mol. The molecule has 0 radical (unpaired) electrons. The number of carboxylic acids is 1. The predicted octanol–water partition coefficient (Wildman–Crippen LogP) is 1.66. The lowest BCUT2D eigenvalue weighted by Gasteiger charge is -2.25. The molecule has 21 heavy (non-hydrogen) atoms. The molecule has 0 aromatic heterocycles. The van der Waals surface area contributed by atoms with Gasteiger partial charge in [0, 0.05) is 18.7 Å². The third-order valence-corrected chi connectivity index (χ3v) is 4.39. The molecule has 2 aliphatic heterocycles. The summed E-state index contributed by atoms with van der Waals surface area (Å²) in [5, 5.41) is 12.4. The van der Waals surface area contributed by atoms with Crippen molar-refractivity contribution in [2.45, 2.75) is 25.7 Å². The van der Waals surface area contributed by atoms with Crippen LogP contribution in [0.4, 0.5) is 5.69 Å². The Morgan fingerprint density at radius 2 is 2.24 bits per heavy atom. The van der Waals surface area contributed by atoms with Crippen LogP contribution in [0.5, 0.6) is 0 Å². The SMILES string of the molecule is O=C(O)c1ccc2c(c1)N(C(=O)CC1CCCNC1)CC2. The highest BCUT2D eigenvalue weighted by molar-refractivity contribution is 5.97. The summed E-state index contributed by atoms with van der Waals surface area (Å²) in [5.41, 5.74) is 2.09. The van der Waals surface area contributed by atoms with Gasteiger partial charge in [0.05, 0.1) is 5.56 Å². The number of piperidine rings is 1. The monoisotopic (exact) mass is 288 g/mol. The van der Waals surface area contributed by atoms with E-state index in [2.05, 4.69) is 5.32 Å². The van der Waals surface area contributed by atoms with E-state index in [-0.39, 0.29) is 11.5 Å². The Hall–Kier alpha value is -1.88. The number of hydrogen-bond donors (Lipinski definition) is 2. The first-order valence-corrected chi connectivity index (χ1v) is 7.52. The lowest BCUT2D eigenvalue weighted by atomic mass is 9.95. The molecule has 2 aliphatic rings. The van der Waals surface area contributed by atoms with Gasteiger partial charge < -0.3 is 15.3 Å².